The highest BCUT2D eigenvalue weighted by Crippen LogP contribution is 2.28. The van der Waals surface area contributed by atoms with E-state index in [-0.39, 0.29) is 31.5 Å². The highest BCUT2D eigenvalue weighted by Gasteiger charge is 2.33. The summed E-state index contributed by atoms with van der Waals surface area (Å²) < 4.78 is 12.2. The van der Waals surface area contributed by atoms with Crippen LogP contribution in [-0.2, 0) is 0 Å². The second kappa shape index (κ2) is 6.89. The number of halogens is 3. The lowest BCUT2D eigenvalue weighted by Crippen LogP contribution is -2.54. The predicted molar refractivity (Wildman–Crippen MR) is 65.8 cm³/mol. The number of rotatable bonds is 2. The van der Waals surface area contributed by atoms with Crippen LogP contribution in [0.25, 0.3) is 0 Å². The van der Waals surface area contributed by atoms with E-state index in [0.717, 1.165) is 25.9 Å². The fraction of sp³-hybridized carbons (Fsp3) is 1.00. The van der Waals surface area contributed by atoms with Crippen molar-refractivity contribution in [3.8, 4) is 0 Å². The smallest absolute Gasteiger partial charge is 0.0947 e. The minimum Gasteiger partial charge on any atom is -0.328 e. The van der Waals surface area contributed by atoms with Gasteiger partial charge in [-0.05, 0) is 25.7 Å². The van der Waals surface area contributed by atoms with Gasteiger partial charge in [-0.15, -0.1) is 24.8 Å². The van der Waals surface area contributed by atoms with E-state index in [0.29, 0.717) is 18.0 Å². The van der Waals surface area contributed by atoms with Gasteiger partial charge in [0, 0.05) is 31.1 Å². The molecule has 0 bridgehead atoms. The standard InChI is InChI=1S/C10H19FN2.2ClH/c11-5-8-6-13(7-8)10-3-1-9(12)2-4-10;;/h8-10H,1-7,12H2;2*1H/t9-,10-;;. The molecule has 1 saturated carbocycles. The van der Waals surface area contributed by atoms with Crippen molar-refractivity contribution in [2.75, 3.05) is 19.8 Å². The molecule has 0 unspecified atom stereocenters. The summed E-state index contributed by atoms with van der Waals surface area (Å²) in [6.45, 7) is 1.83. The zero-order chi connectivity index (χ0) is 9.26. The van der Waals surface area contributed by atoms with Crippen molar-refractivity contribution in [2.45, 2.75) is 37.8 Å². The molecule has 0 aromatic carbocycles. The topological polar surface area (TPSA) is 29.3 Å². The Morgan fingerprint density at radius 1 is 1.07 bits per heavy atom. The van der Waals surface area contributed by atoms with E-state index in [1.807, 2.05) is 0 Å². The highest BCUT2D eigenvalue weighted by atomic mass is 35.5. The molecule has 1 heterocycles. The first kappa shape index (κ1) is 15.4. The molecule has 2 rings (SSSR count). The van der Waals surface area contributed by atoms with Crippen LogP contribution in [0, 0.1) is 5.92 Å². The normalized spacial score (nSPS) is 32.4. The lowest BCUT2D eigenvalue weighted by atomic mass is 9.87. The third kappa shape index (κ3) is 3.74. The molecule has 2 aliphatic rings. The van der Waals surface area contributed by atoms with Crippen LogP contribution in [0.15, 0.2) is 0 Å². The van der Waals surface area contributed by atoms with Crippen molar-refractivity contribution in [1.29, 1.82) is 0 Å². The van der Waals surface area contributed by atoms with E-state index in [4.69, 9.17) is 5.73 Å². The Hall–Kier alpha value is 0.430. The molecule has 15 heavy (non-hydrogen) atoms. The summed E-state index contributed by atoms with van der Waals surface area (Å²) in [4.78, 5) is 2.43. The SMILES string of the molecule is Cl.Cl.N[C@H]1CC[C@H](N2CC(CF)C2)CC1. The maximum absolute atomic E-state index is 12.2. The first-order chi connectivity index (χ1) is 6.29. The molecule has 0 amide bonds. The Kier molecular flexibility index (Phi) is 7.09. The molecule has 0 aromatic rings. The molecule has 1 aliphatic carbocycles. The largest absolute Gasteiger partial charge is 0.328 e. The predicted octanol–water partition coefficient (Wildman–Crippen LogP) is 2.00. The van der Waals surface area contributed by atoms with Gasteiger partial charge >= 0.3 is 0 Å². The molecule has 0 radical (unpaired) electrons. The number of nitrogens with zero attached hydrogens (tertiary/aromatic N) is 1. The first-order valence-corrected chi connectivity index (χ1v) is 5.35. The van der Waals surface area contributed by atoms with Crippen molar-refractivity contribution in [3.63, 3.8) is 0 Å². The van der Waals surface area contributed by atoms with Gasteiger partial charge in [-0.2, -0.15) is 0 Å². The minimum absolute atomic E-state index is 0. The first-order valence-electron chi connectivity index (χ1n) is 5.35. The Labute approximate surface area is 104 Å². The van der Waals surface area contributed by atoms with Crippen LogP contribution in [-0.4, -0.2) is 36.7 Å². The van der Waals surface area contributed by atoms with Crippen LogP contribution >= 0.6 is 24.8 Å². The fourth-order valence-corrected chi connectivity index (χ4v) is 2.47. The van der Waals surface area contributed by atoms with E-state index in [2.05, 4.69) is 4.90 Å². The summed E-state index contributed by atoms with van der Waals surface area (Å²) in [7, 11) is 0. The van der Waals surface area contributed by atoms with E-state index in [9.17, 15) is 4.39 Å². The second-order valence-electron chi connectivity index (χ2n) is 4.54. The van der Waals surface area contributed by atoms with Crippen LogP contribution in [0.5, 0.6) is 0 Å². The minimum atomic E-state index is -0.136. The fourth-order valence-electron chi connectivity index (χ4n) is 2.47. The molecular weight excluding hydrogens is 238 g/mol. The number of likely N-dealkylation sites (tertiary alicyclic amines) is 1. The molecule has 0 aromatic heterocycles. The summed E-state index contributed by atoms with van der Waals surface area (Å²) in [5, 5.41) is 0. The van der Waals surface area contributed by atoms with Crippen LogP contribution in [0.4, 0.5) is 4.39 Å². The van der Waals surface area contributed by atoms with Crippen molar-refractivity contribution in [2.24, 2.45) is 11.7 Å². The molecule has 92 valence electrons. The van der Waals surface area contributed by atoms with Crippen LogP contribution in [0.2, 0.25) is 0 Å². The monoisotopic (exact) mass is 258 g/mol. The Morgan fingerprint density at radius 3 is 2.07 bits per heavy atom. The van der Waals surface area contributed by atoms with E-state index < -0.39 is 0 Å². The van der Waals surface area contributed by atoms with Gasteiger partial charge in [0.1, 0.15) is 0 Å². The third-order valence-corrected chi connectivity index (χ3v) is 3.46. The van der Waals surface area contributed by atoms with Crippen molar-refractivity contribution in [1.82, 2.24) is 4.90 Å². The lowest BCUT2D eigenvalue weighted by Gasteiger charge is -2.45. The molecule has 5 heteroatoms. The lowest BCUT2D eigenvalue weighted by molar-refractivity contribution is 0.0218. The third-order valence-electron chi connectivity index (χ3n) is 3.46. The van der Waals surface area contributed by atoms with E-state index >= 15 is 0 Å². The van der Waals surface area contributed by atoms with Gasteiger partial charge in [-0.1, -0.05) is 0 Å². The second-order valence-corrected chi connectivity index (χ2v) is 4.54. The molecule has 1 saturated heterocycles. The number of nitrogens with two attached hydrogens (primary N) is 1. The van der Waals surface area contributed by atoms with Crippen molar-refractivity contribution < 1.29 is 4.39 Å². The van der Waals surface area contributed by atoms with Crippen LogP contribution < -0.4 is 5.73 Å². The van der Waals surface area contributed by atoms with Gasteiger partial charge in [0.2, 0.25) is 0 Å². The number of hydrogen-bond acceptors (Lipinski definition) is 2. The molecule has 0 spiro atoms. The molecule has 1 aliphatic heterocycles. The summed E-state index contributed by atoms with van der Waals surface area (Å²) in [6, 6.07) is 1.14. The summed E-state index contributed by atoms with van der Waals surface area (Å²) in [5.74, 6) is 0.329. The van der Waals surface area contributed by atoms with Gasteiger partial charge in [0.25, 0.3) is 0 Å². The van der Waals surface area contributed by atoms with Gasteiger partial charge in [0.15, 0.2) is 0 Å². The average molecular weight is 259 g/mol. The molecule has 2 N–H and O–H groups in total. The maximum atomic E-state index is 12.2. The number of hydrogen-bond donors (Lipinski definition) is 1. The zero-order valence-electron chi connectivity index (χ0n) is 8.90. The summed E-state index contributed by atoms with van der Waals surface area (Å²) in [5.41, 5.74) is 5.83. The van der Waals surface area contributed by atoms with Crippen molar-refractivity contribution >= 4 is 24.8 Å². The van der Waals surface area contributed by atoms with E-state index in [1.165, 1.54) is 12.8 Å². The van der Waals surface area contributed by atoms with Gasteiger partial charge in [-0.25, -0.2) is 0 Å². The molecule has 0 atom stereocenters. The molecule has 2 fully saturated rings. The quantitative estimate of drug-likeness (QED) is 0.821. The zero-order valence-corrected chi connectivity index (χ0v) is 10.5. The van der Waals surface area contributed by atoms with Gasteiger partial charge < -0.3 is 5.73 Å². The summed E-state index contributed by atoms with van der Waals surface area (Å²) >= 11 is 0. The highest BCUT2D eigenvalue weighted by molar-refractivity contribution is 5.85. The van der Waals surface area contributed by atoms with Gasteiger partial charge in [-0.3, -0.25) is 9.29 Å². The summed E-state index contributed by atoms with van der Waals surface area (Å²) in [6.07, 6.45) is 4.75. The van der Waals surface area contributed by atoms with E-state index in [1.54, 1.807) is 0 Å². The Morgan fingerprint density at radius 2 is 1.60 bits per heavy atom. The Balaban J connectivity index is 0.000000980. The Bertz CT molecular complexity index is 169. The van der Waals surface area contributed by atoms with Crippen LogP contribution in [0.3, 0.4) is 0 Å². The van der Waals surface area contributed by atoms with Crippen LogP contribution in [0.1, 0.15) is 25.7 Å². The molecule has 2 nitrogen and oxygen atoms in total. The van der Waals surface area contributed by atoms with Crippen molar-refractivity contribution in [3.05, 3.63) is 0 Å². The molecular formula is C10H21Cl2FN2. The maximum Gasteiger partial charge on any atom is 0.0947 e. The number of alkyl halides is 1. The van der Waals surface area contributed by atoms with Gasteiger partial charge in [0.05, 0.1) is 6.67 Å². The average Bonchev–Trinajstić information content (AvgIpc) is 2.06.